The van der Waals surface area contributed by atoms with Crippen LogP contribution in [0.5, 0.6) is 0 Å². The molecule has 0 spiro atoms. The summed E-state index contributed by atoms with van der Waals surface area (Å²) in [6.45, 7) is 8.79. The number of halogens is 1. The summed E-state index contributed by atoms with van der Waals surface area (Å²) in [4.78, 5) is 4.42. The molecule has 0 radical (unpaired) electrons. The predicted octanol–water partition coefficient (Wildman–Crippen LogP) is 3.65. The molecule has 0 aliphatic carbocycles. The highest BCUT2D eigenvalue weighted by atomic mass is 35.5. The van der Waals surface area contributed by atoms with Crippen molar-refractivity contribution in [1.29, 1.82) is 0 Å². The van der Waals surface area contributed by atoms with E-state index in [1.54, 1.807) is 6.07 Å². The first-order chi connectivity index (χ1) is 11.3. The fourth-order valence-corrected chi connectivity index (χ4v) is 2.68. The van der Waals surface area contributed by atoms with Crippen molar-refractivity contribution in [2.75, 3.05) is 5.32 Å². The first-order valence-corrected chi connectivity index (χ1v) is 8.46. The molecule has 1 saturated heterocycles. The van der Waals surface area contributed by atoms with Crippen molar-refractivity contribution >= 4 is 30.0 Å². The Balaban J connectivity index is 1.84. The SMILES string of the molecule is CC1(C)OB(c2ccc(Cl)nc2NCc2ccccc2)OC1(C)C. The summed E-state index contributed by atoms with van der Waals surface area (Å²) in [7, 11) is -0.474. The lowest BCUT2D eigenvalue weighted by molar-refractivity contribution is 0.00578. The molecule has 126 valence electrons. The van der Waals surface area contributed by atoms with Crippen LogP contribution in [-0.2, 0) is 15.9 Å². The Labute approximate surface area is 148 Å². The number of benzene rings is 1. The Bertz CT molecular complexity index is 706. The molecular weight excluding hydrogens is 322 g/mol. The number of anilines is 1. The summed E-state index contributed by atoms with van der Waals surface area (Å²) < 4.78 is 12.3. The molecule has 3 rings (SSSR count). The van der Waals surface area contributed by atoms with Gasteiger partial charge in [-0.1, -0.05) is 48.0 Å². The summed E-state index contributed by atoms with van der Waals surface area (Å²) in [6, 6.07) is 13.8. The molecule has 1 aliphatic rings. The number of hydrogen-bond acceptors (Lipinski definition) is 4. The summed E-state index contributed by atoms with van der Waals surface area (Å²) in [5, 5.41) is 3.78. The number of nitrogens with zero attached hydrogens (tertiary/aromatic N) is 1. The van der Waals surface area contributed by atoms with E-state index in [1.165, 1.54) is 5.56 Å². The predicted molar refractivity (Wildman–Crippen MR) is 98.7 cm³/mol. The third-order valence-electron chi connectivity index (χ3n) is 4.70. The van der Waals surface area contributed by atoms with Crippen LogP contribution in [-0.4, -0.2) is 23.3 Å². The Kier molecular flexibility index (Phi) is 4.60. The zero-order valence-corrected chi connectivity index (χ0v) is 15.2. The van der Waals surface area contributed by atoms with Crippen molar-refractivity contribution in [3.05, 3.63) is 53.2 Å². The quantitative estimate of drug-likeness (QED) is 0.679. The van der Waals surface area contributed by atoms with Gasteiger partial charge in [0.05, 0.1) is 11.2 Å². The molecular formula is C18H22BClN2O2. The van der Waals surface area contributed by atoms with E-state index < -0.39 is 18.3 Å². The lowest BCUT2D eigenvalue weighted by Crippen LogP contribution is -2.41. The van der Waals surface area contributed by atoms with E-state index in [0.717, 1.165) is 5.46 Å². The summed E-state index contributed by atoms with van der Waals surface area (Å²) >= 11 is 6.08. The molecule has 1 aromatic heterocycles. The second-order valence-corrected chi connectivity index (χ2v) is 7.39. The van der Waals surface area contributed by atoms with Crippen molar-refractivity contribution in [1.82, 2.24) is 4.98 Å². The van der Waals surface area contributed by atoms with Crippen molar-refractivity contribution in [2.45, 2.75) is 45.4 Å². The average molecular weight is 345 g/mol. The van der Waals surface area contributed by atoms with Gasteiger partial charge in [-0.2, -0.15) is 0 Å². The molecule has 1 fully saturated rings. The van der Waals surface area contributed by atoms with E-state index in [4.69, 9.17) is 20.9 Å². The average Bonchev–Trinajstić information content (AvgIpc) is 2.74. The van der Waals surface area contributed by atoms with E-state index in [-0.39, 0.29) is 0 Å². The number of rotatable bonds is 4. The molecule has 6 heteroatoms. The van der Waals surface area contributed by atoms with Gasteiger partial charge in [-0.15, -0.1) is 0 Å². The minimum atomic E-state index is -0.474. The Hall–Kier alpha value is -1.56. The van der Waals surface area contributed by atoms with E-state index in [9.17, 15) is 0 Å². The van der Waals surface area contributed by atoms with Crippen molar-refractivity contribution in [3.63, 3.8) is 0 Å². The largest absolute Gasteiger partial charge is 0.498 e. The van der Waals surface area contributed by atoms with E-state index in [1.807, 2.05) is 52.0 Å². The maximum Gasteiger partial charge on any atom is 0.498 e. The van der Waals surface area contributed by atoms with Crippen molar-refractivity contribution in [3.8, 4) is 0 Å². The summed E-state index contributed by atoms with van der Waals surface area (Å²) in [5.74, 6) is 0.685. The molecule has 0 amide bonds. The third kappa shape index (κ3) is 3.43. The Morgan fingerprint density at radius 3 is 2.25 bits per heavy atom. The zero-order chi connectivity index (χ0) is 17.4. The van der Waals surface area contributed by atoms with Crippen LogP contribution in [0.2, 0.25) is 5.15 Å². The monoisotopic (exact) mass is 344 g/mol. The van der Waals surface area contributed by atoms with Crippen LogP contribution in [0.4, 0.5) is 5.82 Å². The lowest BCUT2D eigenvalue weighted by Gasteiger charge is -2.32. The molecule has 1 aromatic carbocycles. The normalized spacial score (nSPS) is 18.6. The molecule has 4 nitrogen and oxygen atoms in total. The molecule has 0 bridgehead atoms. The van der Waals surface area contributed by atoms with Gasteiger partial charge in [0.2, 0.25) is 0 Å². The van der Waals surface area contributed by atoms with Crippen LogP contribution in [0, 0.1) is 0 Å². The molecule has 1 aliphatic heterocycles. The molecule has 0 atom stereocenters. The van der Waals surface area contributed by atoms with Crippen LogP contribution in [0.15, 0.2) is 42.5 Å². The maximum atomic E-state index is 6.14. The Morgan fingerprint density at radius 2 is 1.62 bits per heavy atom. The van der Waals surface area contributed by atoms with E-state index >= 15 is 0 Å². The number of nitrogens with one attached hydrogen (secondary N) is 1. The second-order valence-electron chi connectivity index (χ2n) is 7.00. The highest BCUT2D eigenvalue weighted by molar-refractivity contribution is 6.63. The van der Waals surface area contributed by atoms with Gasteiger partial charge in [0.25, 0.3) is 0 Å². The molecule has 0 saturated carbocycles. The van der Waals surface area contributed by atoms with Crippen molar-refractivity contribution < 1.29 is 9.31 Å². The van der Waals surface area contributed by atoms with Crippen LogP contribution in [0.3, 0.4) is 0 Å². The first-order valence-electron chi connectivity index (χ1n) is 8.08. The summed E-state index contributed by atoms with van der Waals surface area (Å²) in [6.07, 6.45) is 0. The van der Waals surface area contributed by atoms with Gasteiger partial charge < -0.3 is 14.6 Å². The molecule has 2 aromatic rings. The van der Waals surface area contributed by atoms with Gasteiger partial charge in [-0.05, 0) is 39.3 Å². The molecule has 24 heavy (non-hydrogen) atoms. The highest BCUT2D eigenvalue weighted by Gasteiger charge is 2.52. The second kappa shape index (κ2) is 6.39. The first kappa shape index (κ1) is 17.3. The van der Waals surface area contributed by atoms with E-state index in [2.05, 4.69) is 22.4 Å². The van der Waals surface area contributed by atoms with Gasteiger partial charge in [0, 0.05) is 12.0 Å². The van der Waals surface area contributed by atoms with Gasteiger partial charge in [0.15, 0.2) is 0 Å². The maximum absolute atomic E-state index is 6.14. The standard InChI is InChI=1S/C18H22BClN2O2/c1-17(2)18(3,4)24-19(23-17)14-10-11-15(20)22-16(14)21-12-13-8-6-5-7-9-13/h5-11H,12H2,1-4H3,(H,21,22). The van der Waals surface area contributed by atoms with Crippen LogP contribution in [0.1, 0.15) is 33.3 Å². The number of pyridine rings is 1. The lowest BCUT2D eigenvalue weighted by atomic mass is 9.79. The Morgan fingerprint density at radius 1 is 1.00 bits per heavy atom. The van der Waals surface area contributed by atoms with Crippen molar-refractivity contribution in [2.24, 2.45) is 0 Å². The fraction of sp³-hybridized carbons (Fsp3) is 0.389. The van der Waals surface area contributed by atoms with Gasteiger partial charge in [0.1, 0.15) is 11.0 Å². The minimum Gasteiger partial charge on any atom is -0.399 e. The molecule has 1 N–H and O–H groups in total. The topological polar surface area (TPSA) is 43.4 Å². The number of aromatic nitrogens is 1. The van der Waals surface area contributed by atoms with Gasteiger partial charge >= 0.3 is 7.12 Å². The van der Waals surface area contributed by atoms with Crippen LogP contribution < -0.4 is 10.8 Å². The highest BCUT2D eigenvalue weighted by Crippen LogP contribution is 2.37. The molecule has 0 unspecified atom stereocenters. The number of hydrogen-bond donors (Lipinski definition) is 1. The van der Waals surface area contributed by atoms with E-state index in [0.29, 0.717) is 17.5 Å². The smallest absolute Gasteiger partial charge is 0.399 e. The van der Waals surface area contributed by atoms with Crippen LogP contribution in [0.25, 0.3) is 0 Å². The minimum absolute atomic E-state index is 0.395. The molecule has 2 heterocycles. The van der Waals surface area contributed by atoms with Gasteiger partial charge in [-0.3, -0.25) is 0 Å². The zero-order valence-electron chi connectivity index (χ0n) is 14.5. The third-order valence-corrected chi connectivity index (χ3v) is 4.91. The van der Waals surface area contributed by atoms with Gasteiger partial charge in [-0.25, -0.2) is 4.98 Å². The van der Waals surface area contributed by atoms with Crippen LogP contribution >= 0.6 is 11.6 Å². The fourth-order valence-electron chi connectivity index (χ4n) is 2.53. The summed E-state index contributed by atoms with van der Waals surface area (Å²) in [5.41, 5.74) is 1.23.